The third-order valence-corrected chi connectivity index (χ3v) is 4.49. The third-order valence-electron chi connectivity index (χ3n) is 3.80. The zero-order valence-electron chi connectivity index (χ0n) is 10.9. The molecule has 1 aliphatic heterocycles. The molecule has 0 saturated carbocycles. The molecule has 0 amide bonds. The molecule has 2 nitrogen and oxygen atoms in total. The topological polar surface area (TPSA) is 20.3 Å². The highest BCUT2D eigenvalue weighted by Crippen LogP contribution is 2.30. The summed E-state index contributed by atoms with van der Waals surface area (Å²) in [6, 6.07) is 5.98. The van der Waals surface area contributed by atoms with E-state index in [0.29, 0.717) is 0 Å². The van der Waals surface area contributed by atoms with Gasteiger partial charge in [-0.1, -0.05) is 25.8 Å². The van der Waals surface area contributed by atoms with Gasteiger partial charge in [0.25, 0.3) is 0 Å². The van der Waals surface area contributed by atoms with Crippen LogP contribution in [0.4, 0.5) is 5.69 Å². The molecule has 1 aliphatic rings. The molecule has 0 radical (unpaired) electrons. The van der Waals surface area contributed by atoms with E-state index in [4.69, 9.17) is 0 Å². The molecule has 2 rings (SSSR count). The Labute approximate surface area is 117 Å². The predicted molar refractivity (Wildman–Crippen MR) is 79.4 cm³/mol. The Morgan fingerprint density at radius 3 is 2.72 bits per heavy atom. The SMILES string of the molecule is CCCC1CCN(c2cccc(Br)c2C=O)CC1. The molecule has 18 heavy (non-hydrogen) atoms. The smallest absolute Gasteiger partial charge is 0.153 e. The number of piperidine rings is 1. The van der Waals surface area contributed by atoms with E-state index in [0.717, 1.165) is 41.0 Å². The first-order valence-electron chi connectivity index (χ1n) is 6.75. The second kappa shape index (κ2) is 6.37. The van der Waals surface area contributed by atoms with Crippen molar-refractivity contribution in [1.29, 1.82) is 0 Å². The van der Waals surface area contributed by atoms with Gasteiger partial charge < -0.3 is 4.90 Å². The van der Waals surface area contributed by atoms with Crippen molar-refractivity contribution in [3.63, 3.8) is 0 Å². The van der Waals surface area contributed by atoms with Gasteiger partial charge >= 0.3 is 0 Å². The molecule has 1 heterocycles. The maximum absolute atomic E-state index is 11.2. The molecule has 0 N–H and O–H groups in total. The van der Waals surface area contributed by atoms with Crippen molar-refractivity contribution < 1.29 is 4.79 Å². The van der Waals surface area contributed by atoms with Crippen LogP contribution in [0.25, 0.3) is 0 Å². The molecule has 3 heteroatoms. The van der Waals surface area contributed by atoms with E-state index in [1.165, 1.54) is 25.7 Å². The van der Waals surface area contributed by atoms with Crippen LogP contribution in [0.5, 0.6) is 0 Å². The standard InChI is InChI=1S/C15H20BrNO/c1-2-4-12-7-9-17(10-8-12)15-6-3-5-14(16)13(15)11-18/h3,5-6,11-12H,2,4,7-10H2,1H3. The molecule has 1 aromatic rings. The quantitative estimate of drug-likeness (QED) is 0.774. The van der Waals surface area contributed by atoms with Crippen molar-refractivity contribution >= 4 is 27.9 Å². The molecular formula is C15H20BrNO. The van der Waals surface area contributed by atoms with E-state index >= 15 is 0 Å². The number of carbonyl (C=O) groups excluding carboxylic acids is 1. The number of carbonyl (C=O) groups is 1. The molecule has 0 aliphatic carbocycles. The van der Waals surface area contributed by atoms with Gasteiger partial charge in [-0.25, -0.2) is 0 Å². The Bertz CT molecular complexity index is 411. The average Bonchev–Trinajstić information content (AvgIpc) is 2.40. The van der Waals surface area contributed by atoms with Gasteiger partial charge in [0.05, 0.1) is 5.56 Å². The van der Waals surface area contributed by atoms with Crippen LogP contribution >= 0.6 is 15.9 Å². The number of hydrogen-bond donors (Lipinski definition) is 0. The number of hydrogen-bond acceptors (Lipinski definition) is 2. The molecule has 1 fully saturated rings. The van der Waals surface area contributed by atoms with Crippen molar-refractivity contribution in [1.82, 2.24) is 0 Å². The highest BCUT2D eigenvalue weighted by Gasteiger charge is 2.20. The van der Waals surface area contributed by atoms with Crippen LogP contribution < -0.4 is 4.90 Å². The number of anilines is 1. The lowest BCUT2D eigenvalue weighted by molar-refractivity contribution is 0.112. The van der Waals surface area contributed by atoms with Crippen molar-refractivity contribution in [3.05, 3.63) is 28.2 Å². The molecule has 0 spiro atoms. The van der Waals surface area contributed by atoms with Crippen molar-refractivity contribution in [2.75, 3.05) is 18.0 Å². The van der Waals surface area contributed by atoms with Crippen molar-refractivity contribution in [3.8, 4) is 0 Å². The lowest BCUT2D eigenvalue weighted by Crippen LogP contribution is -2.34. The first kappa shape index (κ1) is 13.6. The van der Waals surface area contributed by atoms with E-state index in [9.17, 15) is 4.79 Å². The Kier molecular flexibility index (Phi) is 4.81. The monoisotopic (exact) mass is 309 g/mol. The average molecular weight is 310 g/mol. The van der Waals surface area contributed by atoms with E-state index in [2.05, 4.69) is 33.8 Å². The van der Waals surface area contributed by atoms with Gasteiger partial charge in [-0.05, 0) is 46.8 Å². The van der Waals surface area contributed by atoms with Gasteiger partial charge in [0, 0.05) is 23.2 Å². The van der Waals surface area contributed by atoms with Crippen LogP contribution in [-0.4, -0.2) is 19.4 Å². The molecule has 0 atom stereocenters. The summed E-state index contributed by atoms with van der Waals surface area (Å²) in [6.45, 7) is 4.40. The lowest BCUT2D eigenvalue weighted by Gasteiger charge is -2.34. The second-order valence-electron chi connectivity index (χ2n) is 5.01. The second-order valence-corrected chi connectivity index (χ2v) is 5.86. The number of benzene rings is 1. The minimum atomic E-state index is 0.784. The predicted octanol–water partition coefficient (Wildman–Crippen LogP) is 4.28. The summed E-state index contributed by atoms with van der Waals surface area (Å²) < 4.78 is 0.894. The summed E-state index contributed by atoms with van der Waals surface area (Å²) >= 11 is 3.45. The lowest BCUT2D eigenvalue weighted by atomic mass is 9.92. The minimum Gasteiger partial charge on any atom is -0.371 e. The molecule has 98 valence electrons. The van der Waals surface area contributed by atoms with Crippen molar-refractivity contribution in [2.45, 2.75) is 32.6 Å². The highest BCUT2D eigenvalue weighted by atomic mass is 79.9. The summed E-state index contributed by atoms with van der Waals surface area (Å²) in [5, 5.41) is 0. The number of nitrogens with zero attached hydrogens (tertiary/aromatic N) is 1. The van der Waals surface area contributed by atoms with Crippen LogP contribution in [0, 0.1) is 5.92 Å². The molecule has 1 saturated heterocycles. The molecule has 0 bridgehead atoms. The first-order valence-corrected chi connectivity index (χ1v) is 7.54. The Morgan fingerprint density at radius 1 is 1.39 bits per heavy atom. The zero-order valence-corrected chi connectivity index (χ0v) is 12.4. The number of halogens is 1. The van der Waals surface area contributed by atoms with Gasteiger partial charge in [0.1, 0.15) is 0 Å². The molecular weight excluding hydrogens is 290 g/mol. The van der Waals surface area contributed by atoms with Crippen LogP contribution in [0.3, 0.4) is 0 Å². The van der Waals surface area contributed by atoms with Gasteiger partial charge in [-0.3, -0.25) is 4.79 Å². The number of aldehydes is 1. The highest BCUT2D eigenvalue weighted by molar-refractivity contribution is 9.10. The summed E-state index contributed by atoms with van der Waals surface area (Å²) in [4.78, 5) is 13.5. The maximum Gasteiger partial charge on any atom is 0.153 e. The van der Waals surface area contributed by atoms with Crippen LogP contribution in [-0.2, 0) is 0 Å². The van der Waals surface area contributed by atoms with Crippen LogP contribution in [0.2, 0.25) is 0 Å². The molecule has 0 aromatic heterocycles. The van der Waals surface area contributed by atoms with Gasteiger partial charge in [-0.2, -0.15) is 0 Å². The molecule has 1 aromatic carbocycles. The van der Waals surface area contributed by atoms with Gasteiger partial charge in [0.2, 0.25) is 0 Å². The fraction of sp³-hybridized carbons (Fsp3) is 0.533. The fourth-order valence-electron chi connectivity index (χ4n) is 2.79. The summed E-state index contributed by atoms with van der Waals surface area (Å²) in [5.74, 6) is 0.873. The minimum absolute atomic E-state index is 0.784. The normalized spacial score (nSPS) is 16.9. The Hall–Kier alpha value is -0.830. The van der Waals surface area contributed by atoms with Crippen molar-refractivity contribution in [2.24, 2.45) is 5.92 Å². The summed E-state index contributed by atoms with van der Waals surface area (Å²) in [6.07, 6.45) is 6.07. The van der Waals surface area contributed by atoms with Gasteiger partial charge in [-0.15, -0.1) is 0 Å². The van der Waals surface area contributed by atoms with E-state index in [1.54, 1.807) is 0 Å². The largest absolute Gasteiger partial charge is 0.371 e. The molecule has 0 unspecified atom stereocenters. The van der Waals surface area contributed by atoms with E-state index in [1.807, 2.05) is 12.1 Å². The first-order chi connectivity index (χ1) is 8.76. The van der Waals surface area contributed by atoms with E-state index in [-0.39, 0.29) is 0 Å². The van der Waals surface area contributed by atoms with Gasteiger partial charge in [0.15, 0.2) is 6.29 Å². The maximum atomic E-state index is 11.2. The van der Waals surface area contributed by atoms with Crippen LogP contribution in [0.15, 0.2) is 22.7 Å². The Balaban J connectivity index is 2.10. The summed E-state index contributed by atoms with van der Waals surface area (Å²) in [5.41, 5.74) is 1.86. The third kappa shape index (κ3) is 2.94. The number of rotatable bonds is 4. The van der Waals surface area contributed by atoms with E-state index < -0.39 is 0 Å². The summed E-state index contributed by atoms with van der Waals surface area (Å²) in [7, 11) is 0. The zero-order chi connectivity index (χ0) is 13.0. The fourth-order valence-corrected chi connectivity index (χ4v) is 3.24. The van der Waals surface area contributed by atoms with Crippen LogP contribution in [0.1, 0.15) is 43.0 Å². The Morgan fingerprint density at radius 2 is 2.11 bits per heavy atom.